The quantitative estimate of drug-likeness (QED) is 0.332. The standard InChI is InChI=1S/C22H14ClF3N4OS/c23-16-6-7-17-18(10-16)29-21(28-17)32(31)12-14-4-2-8-30-19(11-27-20(14)30)13-3-1-5-15(9-13)22(24,25)26/h1-11H,12H2,(H,28,29). The van der Waals surface area contributed by atoms with Crippen LogP contribution in [-0.2, 0) is 23.1 Å². The molecule has 0 bridgehead atoms. The Morgan fingerprint density at radius 2 is 1.94 bits per heavy atom. The van der Waals surface area contributed by atoms with Gasteiger partial charge in [0.15, 0.2) is 0 Å². The maximum atomic E-state index is 13.1. The van der Waals surface area contributed by atoms with Crippen molar-refractivity contribution in [2.75, 3.05) is 0 Å². The van der Waals surface area contributed by atoms with Crippen LogP contribution in [0.4, 0.5) is 13.2 Å². The summed E-state index contributed by atoms with van der Waals surface area (Å²) >= 11 is 4.49. The number of pyridine rings is 1. The molecular formula is C22H14ClF3N4OS. The van der Waals surface area contributed by atoms with E-state index >= 15 is 0 Å². The number of aromatic nitrogens is 4. The van der Waals surface area contributed by atoms with Crippen molar-refractivity contribution >= 4 is 39.5 Å². The fourth-order valence-electron chi connectivity index (χ4n) is 3.52. The summed E-state index contributed by atoms with van der Waals surface area (Å²) in [5.74, 6) is 0.136. The van der Waals surface area contributed by atoms with E-state index < -0.39 is 22.9 Å². The second kappa shape index (κ2) is 7.84. The molecule has 10 heteroatoms. The first-order chi connectivity index (χ1) is 15.3. The number of hydrogen-bond donors (Lipinski definition) is 1. The molecule has 0 radical (unpaired) electrons. The predicted molar refractivity (Wildman–Crippen MR) is 117 cm³/mol. The largest absolute Gasteiger partial charge is 0.609 e. The van der Waals surface area contributed by atoms with E-state index in [1.807, 2.05) is 0 Å². The number of aromatic amines is 1. The molecule has 3 aromatic heterocycles. The van der Waals surface area contributed by atoms with E-state index in [1.54, 1.807) is 47.0 Å². The summed E-state index contributed by atoms with van der Waals surface area (Å²) < 4.78 is 54.0. The Morgan fingerprint density at radius 3 is 2.75 bits per heavy atom. The highest BCUT2D eigenvalue weighted by Gasteiger charge is 2.30. The monoisotopic (exact) mass is 474 g/mol. The average Bonchev–Trinajstić information content (AvgIpc) is 3.38. The summed E-state index contributed by atoms with van der Waals surface area (Å²) in [5, 5.41) is 0.847. The molecule has 5 aromatic rings. The van der Waals surface area contributed by atoms with Crippen molar-refractivity contribution in [2.45, 2.75) is 17.1 Å². The summed E-state index contributed by atoms with van der Waals surface area (Å²) in [6.45, 7) is 0. The van der Waals surface area contributed by atoms with Crippen LogP contribution in [0.2, 0.25) is 5.02 Å². The highest BCUT2D eigenvalue weighted by molar-refractivity contribution is 7.90. The molecule has 1 atom stereocenters. The molecule has 2 aromatic carbocycles. The minimum atomic E-state index is -4.44. The van der Waals surface area contributed by atoms with Crippen LogP contribution in [0.1, 0.15) is 11.1 Å². The van der Waals surface area contributed by atoms with E-state index in [0.29, 0.717) is 38.2 Å². The lowest BCUT2D eigenvalue weighted by Gasteiger charge is -2.10. The molecule has 0 fully saturated rings. The number of benzene rings is 2. The van der Waals surface area contributed by atoms with E-state index in [4.69, 9.17) is 11.6 Å². The van der Waals surface area contributed by atoms with Crippen LogP contribution in [-0.4, -0.2) is 23.9 Å². The molecule has 1 N–H and O–H groups in total. The van der Waals surface area contributed by atoms with Gasteiger partial charge in [-0.3, -0.25) is 9.38 Å². The second-order valence-electron chi connectivity index (χ2n) is 7.14. The normalized spacial score (nSPS) is 13.2. The highest BCUT2D eigenvalue weighted by atomic mass is 35.5. The smallest absolute Gasteiger partial charge is 0.416 e. The van der Waals surface area contributed by atoms with Crippen LogP contribution >= 0.6 is 11.6 Å². The topological polar surface area (TPSA) is 69.0 Å². The van der Waals surface area contributed by atoms with Gasteiger partial charge in [-0.05, 0) is 42.5 Å². The molecule has 0 amide bonds. The van der Waals surface area contributed by atoms with Gasteiger partial charge >= 0.3 is 11.3 Å². The summed E-state index contributed by atoms with van der Waals surface area (Å²) in [4.78, 5) is 11.8. The minimum absolute atomic E-state index is 0.136. The Kier molecular flexibility index (Phi) is 5.11. The SMILES string of the molecule is [O-][S+](Cc1cccn2c(-c3cccc(C(F)(F)F)c3)cnc12)c1nc2cc(Cl)ccc2[nH]1. The Morgan fingerprint density at radius 1 is 1.09 bits per heavy atom. The van der Waals surface area contributed by atoms with Crippen molar-refractivity contribution in [3.8, 4) is 11.3 Å². The van der Waals surface area contributed by atoms with E-state index in [-0.39, 0.29) is 5.75 Å². The molecular weight excluding hydrogens is 461 g/mol. The number of hydrogen-bond acceptors (Lipinski definition) is 3. The Balaban J connectivity index is 1.49. The van der Waals surface area contributed by atoms with Crippen molar-refractivity contribution in [3.05, 3.63) is 83.1 Å². The van der Waals surface area contributed by atoms with Gasteiger partial charge in [-0.25, -0.2) is 4.98 Å². The summed E-state index contributed by atoms with van der Waals surface area (Å²) in [7, 11) is 0. The van der Waals surface area contributed by atoms with Crippen molar-refractivity contribution in [1.29, 1.82) is 0 Å². The van der Waals surface area contributed by atoms with Gasteiger partial charge in [-0.1, -0.05) is 23.7 Å². The fraction of sp³-hybridized carbons (Fsp3) is 0.0909. The van der Waals surface area contributed by atoms with Crippen molar-refractivity contribution in [1.82, 2.24) is 19.4 Å². The molecule has 0 aliphatic rings. The van der Waals surface area contributed by atoms with Crippen molar-refractivity contribution in [3.63, 3.8) is 0 Å². The second-order valence-corrected chi connectivity index (χ2v) is 8.95. The maximum absolute atomic E-state index is 13.1. The molecule has 1 unspecified atom stereocenters. The summed E-state index contributed by atoms with van der Waals surface area (Å²) in [6.07, 6.45) is -1.21. The highest BCUT2D eigenvalue weighted by Crippen LogP contribution is 2.33. The molecule has 5 nitrogen and oxygen atoms in total. The van der Waals surface area contributed by atoms with Gasteiger partial charge in [0.05, 0.1) is 28.5 Å². The van der Waals surface area contributed by atoms with Gasteiger partial charge in [0, 0.05) is 33.5 Å². The number of nitrogens with zero attached hydrogens (tertiary/aromatic N) is 3. The number of alkyl halides is 3. The molecule has 0 spiro atoms. The van der Waals surface area contributed by atoms with Crippen molar-refractivity contribution < 1.29 is 17.7 Å². The molecule has 0 saturated heterocycles. The van der Waals surface area contributed by atoms with Crippen LogP contribution in [0.5, 0.6) is 0 Å². The number of imidazole rings is 2. The molecule has 0 aliphatic carbocycles. The molecule has 0 aliphatic heterocycles. The van der Waals surface area contributed by atoms with E-state index in [2.05, 4.69) is 15.0 Å². The molecule has 162 valence electrons. The van der Waals surface area contributed by atoms with Gasteiger partial charge in [0.25, 0.3) is 0 Å². The van der Waals surface area contributed by atoms with Gasteiger partial charge in [0.2, 0.25) is 0 Å². The molecule has 3 heterocycles. The zero-order valence-corrected chi connectivity index (χ0v) is 17.8. The summed E-state index contributed by atoms with van der Waals surface area (Å²) in [6, 6.07) is 13.8. The number of nitrogens with one attached hydrogen (secondary N) is 1. The first kappa shape index (κ1) is 20.9. The third-order valence-electron chi connectivity index (χ3n) is 5.03. The van der Waals surface area contributed by atoms with Crippen LogP contribution in [0.3, 0.4) is 0 Å². The fourth-order valence-corrected chi connectivity index (χ4v) is 4.76. The lowest BCUT2D eigenvalue weighted by molar-refractivity contribution is -0.137. The van der Waals surface area contributed by atoms with Gasteiger partial charge < -0.3 is 4.55 Å². The van der Waals surface area contributed by atoms with Crippen molar-refractivity contribution in [2.24, 2.45) is 0 Å². The van der Waals surface area contributed by atoms with Gasteiger partial charge in [-0.2, -0.15) is 18.2 Å². The summed E-state index contributed by atoms with van der Waals surface area (Å²) in [5.41, 5.74) is 2.72. The Labute approximate surface area is 188 Å². The zero-order chi connectivity index (χ0) is 22.5. The average molecular weight is 475 g/mol. The maximum Gasteiger partial charge on any atom is 0.416 e. The number of halogens is 4. The lowest BCUT2D eigenvalue weighted by Crippen LogP contribution is -2.08. The molecule has 32 heavy (non-hydrogen) atoms. The first-order valence-corrected chi connectivity index (χ1v) is 11.2. The Bertz CT molecular complexity index is 1450. The number of fused-ring (bicyclic) bond motifs is 2. The van der Waals surface area contributed by atoms with Crippen LogP contribution < -0.4 is 0 Å². The molecule has 0 saturated carbocycles. The molecule has 5 rings (SSSR count). The van der Waals surface area contributed by atoms with Crippen LogP contribution in [0, 0.1) is 0 Å². The van der Waals surface area contributed by atoms with E-state index in [9.17, 15) is 17.7 Å². The minimum Gasteiger partial charge on any atom is -0.609 e. The number of H-pyrrole nitrogens is 1. The van der Waals surface area contributed by atoms with E-state index in [1.165, 1.54) is 12.3 Å². The van der Waals surface area contributed by atoms with E-state index in [0.717, 1.165) is 17.6 Å². The van der Waals surface area contributed by atoms with Gasteiger partial charge in [0.1, 0.15) is 11.4 Å². The third-order valence-corrected chi connectivity index (χ3v) is 6.46. The third kappa shape index (κ3) is 3.83. The predicted octanol–water partition coefficient (Wildman–Crippen LogP) is 5.86. The Hall–Kier alpha value is -3.01. The van der Waals surface area contributed by atoms with Crippen LogP contribution in [0.25, 0.3) is 27.9 Å². The lowest BCUT2D eigenvalue weighted by atomic mass is 10.1. The van der Waals surface area contributed by atoms with Gasteiger partial charge in [-0.15, -0.1) is 0 Å². The number of rotatable bonds is 4. The van der Waals surface area contributed by atoms with Crippen LogP contribution in [0.15, 0.2) is 72.1 Å². The zero-order valence-electron chi connectivity index (χ0n) is 16.2. The first-order valence-electron chi connectivity index (χ1n) is 9.46.